The van der Waals surface area contributed by atoms with Crippen LogP contribution in [-0.4, -0.2) is 64.8 Å². The third kappa shape index (κ3) is 4.33. The van der Waals surface area contributed by atoms with Gasteiger partial charge in [0.2, 0.25) is 10.0 Å². The Morgan fingerprint density at radius 2 is 1.68 bits per heavy atom. The van der Waals surface area contributed by atoms with Gasteiger partial charge in [-0.2, -0.15) is 4.31 Å². The summed E-state index contributed by atoms with van der Waals surface area (Å²) in [5.74, 6) is 0.492. The molecule has 184 valence electrons. The van der Waals surface area contributed by atoms with Crippen molar-refractivity contribution < 1.29 is 32.5 Å². The van der Waals surface area contributed by atoms with Crippen LogP contribution in [0.25, 0.3) is 0 Å². The number of anilines is 1. The summed E-state index contributed by atoms with van der Waals surface area (Å²) in [5, 5.41) is 11.0. The van der Waals surface area contributed by atoms with Crippen LogP contribution < -0.4 is 14.4 Å². The van der Waals surface area contributed by atoms with Crippen LogP contribution in [0.4, 0.5) is 5.69 Å². The number of sulfonamides is 1. The van der Waals surface area contributed by atoms with E-state index < -0.39 is 22.1 Å². The van der Waals surface area contributed by atoms with Crippen LogP contribution in [0.1, 0.15) is 46.9 Å². The fraction of sp³-hybridized carbons (Fsp3) is 0.458. The zero-order chi connectivity index (χ0) is 24.5. The molecule has 2 aromatic carbocycles. The van der Waals surface area contributed by atoms with Crippen LogP contribution in [0.2, 0.25) is 0 Å². The molecule has 34 heavy (non-hydrogen) atoms. The topological polar surface area (TPSA) is 106 Å². The number of β-amino-alcohol motifs (C(OH)–C–C–N with tert-alkyl or cyclic N) is 1. The lowest BCUT2D eigenvalue weighted by atomic mass is 9.94. The molecule has 2 heterocycles. The van der Waals surface area contributed by atoms with Crippen LogP contribution >= 0.6 is 0 Å². The standard InChI is InChI=1S/C24H30N2O7S/c1-31-21-9-10-22(32-2)23-18(21)14-25(15-20(23)27)19-8-7-16(13-17(19)24(28)33-3)34(29,30)26-11-5-4-6-12-26/h7-10,13,20,27H,4-6,11-12,14-15H2,1-3H3/t20-/m0/s1. The number of ether oxygens (including phenoxy) is 3. The molecule has 4 rings (SSSR count). The second kappa shape index (κ2) is 9.81. The summed E-state index contributed by atoms with van der Waals surface area (Å²) in [4.78, 5) is 14.6. The second-order valence-corrected chi connectivity index (χ2v) is 10.3. The van der Waals surface area contributed by atoms with E-state index in [4.69, 9.17) is 14.2 Å². The van der Waals surface area contributed by atoms with Crippen LogP contribution in [0, 0.1) is 0 Å². The average molecular weight is 491 g/mol. The summed E-state index contributed by atoms with van der Waals surface area (Å²) in [6, 6.07) is 8.00. The van der Waals surface area contributed by atoms with Gasteiger partial charge in [0.25, 0.3) is 0 Å². The monoisotopic (exact) mass is 490 g/mol. The quantitative estimate of drug-likeness (QED) is 0.617. The Morgan fingerprint density at radius 1 is 1.00 bits per heavy atom. The van der Waals surface area contributed by atoms with E-state index in [1.54, 1.807) is 25.3 Å². The molecule has 1 atom stereocenters. The van der Waals surface area contributed by atoms with Gasteiger partial charge in [-0.15, -0.1) is 0 Å². The van der Waals surface area contributed by atoms with E-state index >= 15 is 0 Å². The number of hydrogen-bond acceptors (Lipinski definition) is 8. The molecule has 1 N–H and O–H groups in total. The highest BCUT2D eigenvalue weighted by Gasteiger charge is 2.33. The van der Waals surface area contributed by atoms with Gasteiger partial charge in [0.1, 0.15) is 17.6 Å². The van der Waals surface area contributed by atoms with Crippen molar-refractivity contribution in [3.05, 3.63) is 47.0 Å². The van der Waals surface area contributed by atoms with Gasteiger partial charge in [-0.05, 0) is 43.2 Å². The molecule has 0 aromatic heterocycles. The van der Waals surface area contributed by atoms with Gasteiger partial charge in [0.15, 0.2) is 0 Å². The Hall–Kier alpha value is -2.82. The predicted molar refractivity (Wildman–Crippen MR) is 126 cm³/mol. The molecule has 10 heteroatoms. The van der Waals surface area contributed by atoms with E-state index in [0.717, 1.165) is 24.8 Å². The normalized spacial score (nSPS) is 18.8. The predicted octanol–water partition coefficient (Wildman–Crippen LogP) is 2.72. The number of hydrogen-bond donors (Lipinski definition) is 1. The summed E-state index contributed by atoms with van der Waals surface area (Å²) in [7, 11) is 0.613. The van der Waals surface area contributed by atoms with E-state index in [1.807, 2.05) is 4.90 Å². The van der Waals surface area contributed by atoms with Crippen molar-refractivity contribution in [2.45, 2.75) is 36.8 Å². The maximum Gasteiger partial charge on any atom is 0.340 e. The Balaban J connectivity index is 1.76. The number of esters is 1. The molecule has 0 amide bonds. The molecule has 9 nitrogen and oxygen atoms in total. The molecule has 0 aliphatic carbocycles. The van der Waals surface area contributed by atoms with E-state index in [9.17, 15) is 18.3 Å². The average Bonchev–Trinajstić information content (AvgIpc) is 2.87. The van der Waals surface area contributed by atoms with Crippen molar-refractivity contribution >= 4 is 21.7 Å². The zero-order valence-corrected chi connectivity index (χ0v) is 20.4. The van der Waals surface area contributed by atoms with Gasteiger partial charge in [0, 0.05) is 37.3 Å². The smallest absolute Gasteiger partial charge is 0.340 e. The molecular weight excluding hydrogens is 460 g/mol. The first-order chi connectivity index (χ1) is 16.3. The molecule has 1 saturated heterocycles. The molecule has 0 saturated carbocycles. The summed E-state index contributed by atoms with van der Waals surface area (Å²) in [6.45, 7) is 1.44. The minimum atomic E-state index is -3.73. The third-order valence-corrected chi connectivity index (χ3v) is 8.35. The Morgan fingerprint density at radius 3 is 2.32 bits per heavy atom. The van der Waals surface area contributed by atoms with E-state index in [1.165, 1.54) is 30.7 Å². The molecule has 2 aliphatic heterocycles. The van der Waals surface area contributed by atoms with Crippen molar-refractivity contribution in [1.82, 2.24) is 4.31 Å². The lowest BCUT2D eigenvalue weighted by molar-refractivity contribution is 0.0600. The summed E-state index contributed by atoms with van der Waals surface area (Å²) in [6.07, 6.45) is 1.73. The summed E-state index contributed by atoms with van der Waals surface area (Å²) >= 11 is 0. The van der Waals surface area contributed by atoms with E-state index in [-0.39, 0.29) is 17.0 Å². The summed E-state index contributed by atoms with van der Waals surface area (Å²) < 4.78 is 43.8. The molecular formula is C24H30N2O7S. The number of carbonyl (C=O) groups is 1. The highest BCUT2D eigenvalue weighted by molar-refractivity contribution is 7.89. The number of piperidine rings is 1. The van der Waals surface area contributed by atoms with Gasteiger partial charge in [0.05, 0.1) is 37.5 Å². The lowest BCUT2D eigenvalue weighted by Gasteiger charge is -2.36. The van der Waals surface area contributed by atoms with Crippen molar-refractivity contribution in [1.29, 1.82) is 0 Å². The minimum absolute atomic E-state index is 0.0516. The first-order valence-electron chi connectivity index (χ1n) is 11.2. The summed E-state index contributed by atoms with van der Waals surface area (Å²) in [5.41, 5.74) is 1.97. The number of methoxy groups -OCH3 is 3. The molecule has 2 aliphatic rings. The van der Waals surface area contributed by atoms with E-state index in [0.29, 0.717) is 42.4 Å². The van der Waals surface area contributed by atoms with Gasteiger partial charge < -0.3 is 24.2 Å². The minimum Gasteiger partial charge on any atom is -0.496 e. The Kier molecular flexibility index (Phi) is 7.01. The van der Waals surface area contributed by atoms with Crippen LogP contribution in [0.5, 0.6) is 11.5 Å². The van der Waals surface area contributed by atoms with Gasteiger partial charge in [-0.1, -0.05) is 6.42 Å². The fourth-order valence-corrected chi connectivity index (χ4v) is 6.28. The van der Waals surface area contributed by atoms with Crippen LogP contribution in [0.3, 0.4) is 0 Å². The molecule has 2 aromatic rings. The SMILES string of the molecule is COC(=O)c1cc(S(=O)(=O)N2CCCCC2)ccc1N1Cc2c(OC)ccc(OC)c2[C@@H](O)C1. The maximum atomic E-state index is 13.2. The highest BCUT2D eigenvalue weighted by Crippen LogP contribution is 2.41. The number of rotatable bonds is 6. The Labute approximate surface area is 199 Å². The largest absolute Gasteiger partial charge is 0.496 e. The fourth-order valence-electron chi connectivity index (χ4n) is 4.74. The zero-order valence-electron chi connectivity index (χ0n) is 19.6. The van der Waals surface area contributed by atoms with Crippen LogP contribution in [-0.2, 0) is 21.3 Å². The molecule has 0 spiro atoms. The molecule has 1 fully saturated rings. The van der Waals surface area contributed by atoms with Crippen LogP contribution in [0.15, 0.2) is 35.2 Å². The molecule has 0 radical (unpaired) electrons. The number of nitrogens with zero attached hydrogens (tertiary/aromatic N) is 2. The van der Waals surface area contributed by atoms with Crippen molar-refractivity contribution in [3.63, 3.8) is 0 Å². The van der Waals surface area contributed by atoms with Crippen molar-refractivity contribution in [2.24, 2.45) is 0 Å². The number of aliphatic hydroxyl groups is 1. The lowest BCUT2D eigenvalue weighted by Crippen LogP contribution is -2.36. The first kappa shape index (κ1) is 24.3. The number of benzene rings is 2. The molecule has 0 bridgehead atoms. The highest BCUT2D eigenvalue weighted by atomic mass is 32.2. The Bertz CT molecular complexity index is 1180. The van der Waals surface area contributed by atoms with Crippen molar-refractivity contribution in [2.75, 3.05) is 45.9 Å². The van der Waals surface area contributed by atoms with Gasteiger partial charge in [-0.25, -0.2) is 13.2 Å². The molecule has 0 unspecified atom stereocenters. The third-order valence-electron chi connectivity index (χ3n) is 6.46. The van der Waals surface area contributed by atoms with E-state index in [2.05, 4.69) is 0 Å². The second-order valence-electron chi connectivity index (χ2n) is 8.39. The van der Waals surface area contributed by atoms with Gasteiger partial charge in [-0.3, -0.25) is 0 Å². The number of aliphatic hydroxyl groups excluding tert-OH is 1. The number of carbonyl (C=O) groups excluding carboxylic acids is 1. The van der Waals surface area contributed by atoms with Gasteiger partial charge >= 0.3 is 5.97 Å². The maximum absolute atomic E-state index is 13.2. The van der Waals surface area contributed by atoms with Crippen molar-refractivity contribution in [3.8, 4) is 11.5 Å². The number of fused-ring (bicyclic) bond motifs is 1. The first-order valence-corrected chi connectivity index (χ1v) is 12.6.